The minimum Gasteiger partial charge on any atom is -0.385 e. The molecule has 0 bridgehead atoms. The molecule has 0 N–H and O–H groups in total. The van der Waals surface area contributed by atoms with Gasteiger partial charge in [-0.15, -0.1) is 11.3 Å². The van der Waals surface area contributed by atoms with E-state index in [1.165, 1.54) is 15.6 Å². The van der Waals surface area contributed by atoms with Gasteiger partial charge in [0.25, 0.3) is 15.9 Å². The van der Waals surface area contributed by atoms with Gasteiger partial charge in [0.15, 0.2) is 0 Å². The van der Waals surface area contributed by atoms with Crippen LogP contribution in [0.25, 0.3) is 10.8 Å². The van der Waals surface area contributed by atoms with Crippen molar-refractivity contribution in [1.29, 1.82) is 0 Å². The van der Waals surface area contributed by atoms with Crippen LogP contribution in [0.2, 0.25) is 0 Å². The summed E-state index contributed by atoms with van der Waals surface area (Å²) in [6.07, 6.45) is 2.23. The van der Waals surface area contributed by atoms with Crippen LogP contribution >= 0.6 is 27.3 Å². The van der Waals surface area contributed by atoms with Gasteiger partial charge in [-0.3, -0.25) is 9.59 Å². The van der Waals surface area contributed by atoms with E-state index in [0.29, 0.717) is 42.3 Å². The maximum atomic E-state index is 13.4. The molecule has 2 aliphatic heterocycles. The van der Waals surface area contributed by atoms with Crippen LogP contribution < -0.4 is 4.90 Å². The fourth-order valence-corrected chi connectivity index (χ4v) is 8.56. The first kappa shape index (κ1) is 25.5. The molecule has 190 valence electrons. The predicted octanol–water partition coefficient (Wildman–Crippen LogP) is 4.87. The molecule has 5 rings (SSSR count). The fraction of sp³-hybridized carbons (Fsp3) is 0.385. The van der Waals surface area contributed by atoms with Gasteiger partial charge in [0.2, 0.25) is 0 Å². The monoisotopic (exact) mass is 590 g/mol. The van der Waals surface area contributed by atoms with Gasteiger partial charge in [-0.05, 0) is 69.7 Å². The summed E-state index contributed by atoms with van der Waals surface area (Å²) in [7, 11) is -1.94. The Morgan fingerprint density at radius 2 is 2.08 bits per heavy atom. The minimum absolute atomic E-state index is 0.0231. The number of rotatable bonds is 9. The smallest absolute Gasteiger partial charge is 0.259 e. The zero-order valence-electron chi connectivity index (χ0n) is 19.9. The molecule has 0 saturated carbocycles. The number of ketones is 1. The van der Waals surface area contributed by atoms with E-state index in [-0.39, 0.29) is 30.6 Å². The molecule has 1 atom stereocenters. The molecule has 7 nitrogen and oxygen atoms in total. The van der Waals surface area contributed by atoms with Crippen LogP contribution in [0.1, 0.15) is 35.2 Å². The molecule has 2 aromatic carbocycles. The molecule has 1 unspecified atom stereocenters. The summed E-state index contributed by atoms with van der Waals surface area (Å²) in [6.45, 7) is 1.74. The summed E-state index contributed by atoms with van der Waals surface area (Å²) in [5.41, 5.74) is 2.32. The molecular weight excluding hydrogens is 564 g/mol. The van der Waals surface area contributed by atoms with Crippen molar-refractivity contribution >= 4 is 65.4 Å². The molecule has 0 radical (unpaired) electrons. The number of ether oxygens (including phenoxy) is 1. The van der Waals surface area contributed by atoms with E-state index in [1.807, 2.05) is 24.3 Å². The molecule has 1 fully saturated rings. The van der Waals surface area contributed by atoms with E-state index in [9.17, 15) is 18.0 Å². The largest absolute Gasteiger partial charge is 0.385 e. The van der Waals surface area contributed by atoms with Crippen molar-refractivity contribution in [2.24, 2.45) is 5.92 Å². The number of benzene rings is 2. The number of methoxy groups -OCH3 is 1. The number of hydrogen-bond donors (Lipinski definition) is 0. The van der Waals surface area contributed by atoms with Gasteiger partial charge in [0.1, 0.15) is 9.99 Å². The SMILES string of the molecule is COCCCN1C(=O)c2cccc3c(CC(=O)C4CCCN(S(=O)(=O)c5cccs5)C4)cc(Br)c1c23. The number of Topliss-reactive ketones (excluding diaryl/α,β-unsaturated/α-hetero) is 1. The first-order chi connectivity index (χ1) is 17.3. The molecule has 10 heteroatoms. The van der Waals surface area contributed by atoms with Gasteiger partial charge >= 0.3 is 0 Å². The van der Waals surface area contributed by atoms with Crippen molar-refractivity contribution < 1.29 is 22.7 Å². The molecule has 1 amide bonds. The van der Waals surface area contributed by atoms with Crippen molar-refractivity contribution in [2.75, 3.05) is 38.3 Å². The minimum atomic E-state index is -3.58. The molecular formula is C26H27BrN2O5S2. The Kier molecular flexibility index (Phi) is 7.33. The topological polar surface area (TPSA) is 84.0 Å². The van der Waals surface area contributed by atoms with Crippen LogP contribution in [0, 0.1) is 5.92 Å². The van der Waals surface area contributed by atoms with Crippen molar-refractivity contribution in [2.45, 2.75) is 29.9 Å². The number of piperidine rings is 1. The molecule has 3 heterocycles. The van der Waals surface area contributed by atoms with Crippen LogP contribution in [0.5, 0.6) is 0 Å². The van der Waals surface area contributed by atoms with Crippen LogP contribution in [0.3, 0.4) is 0 Å². The Morgan fingerprint density at radius 3 is 2.83 bits per heavy atom. The maximum absolute atomic E-state index is 13.4. The van der Waals surface area contributed by atoms with Crippen molar-refractivity contribution in [3.8, 4) is 0 Å². The summed E-state index contributed by atoms with van der Waals surface area (Å²) in [5.74, 6) is -0.380. The Hall–Kier alpha value is -2.11. The summed E-state index contributed by atoms with van der Waals surface area (Å²) in [5, 5.41) is 3.50. The second-order valence-electron chi connectivity index (χ2n) is 9.17. The van der Waals surface area contributed by atoms with Gasteiger partial charge in [-0.1, -0.05) is 18.2 Å². The van der Waals surface area contributed by atoms with Crippen molar-refractivity contribution in [3.63, 3.8) is 0 Å². The first-order valence-corrected chi connectivity index (χ1v) is 15.1. The van der Waals surface area contributed by atoms with E-state index in [0.717, 1.165) is 32.9 Å². The van der Waals surface area contributed by atoms with E-state index < -0.39 is 10.0 Å². The van der Waals surface area contributed by atoms with E-state index in [1.54, 1.807) is 29.5 Å². The van der Waals surface area contributed by atoms with E-state index in [4.69, 9.17) is 4.74 Å². The molecule has 1 aromatic heterocycles. The van der Waals surface area contributed by atoms with E-state index >= 15 is 0 Å². The lowest BCUT2D eigenvalue weighted by atomic mass is 9.89. The Morgan fingerprint density at radius 1 is 1.25 bits per heavy atom. The third-order valence-corrected chi connectivity index (χ3v) is 10.8. The number of thiophene rings is 1. The first-order valence-electron chi connectivity index (χ1n) is 11.9. The summed E-state index contributed by atoms with van der Waals surface area (Å²) < 4.78 is 33.7. The highest BCUT2D eigenvalue weighted by Gasteiger charge is 2.35. The third-order valence-electron chi connectivity index (χ3n) is 6.94. The molecule has 0 spiro atoms. The Labute approximate surface area is 223 Å². The lowest BCUT2D eigenvalue weighted by Gasteiger charge is -2.31. The standard InChI is InChI=1S/C26H27BrN2O5S2/c1-34-12-5-11-29-25-21(27)14-18(19-7-2-8-20(24(19)25)26(29)31)15-22(30)17-6-3-10-28(16-17)36(32,33)23-9-4-13-35-23/h2,4,7-9,13-14,17H,3,5-6,10-12,15-16H2,1H3. The number of amides is 1. The second kappa shape index (κ2) is 10.3. The van der Waals surface area contributed by atoms with E-state index in [2.05, 4.69) is 15.9 Å². The molecule has 36 heavy (non-hydrogen) atoms. The predicted molar refractivity (Wildman–Crippen MR) is 144 cm³/mol. The summed E-state index contributed by atoms with van der Waals surface area (Å²) in [4.78, 5) is 28.4. The molecule has 0 aliphatic carbocycles. The highest BCUT2D eigenvalue weighted by atomic mass is 79.9. The van der Waals surface area contributed by atoms with Crippen molar-refractivity contribution in [1.82, 2.24) is 4.31 Å². The number of halogens is 1. The normalized spacial score (nSPS) is 18.3. The second-order valence-corrected chi connectivity index (χ2v) is 13.1. The number of nitrogens with zero attached hydrogens (tertiary/aromatic N) is 2. The Balaban J connectivity index is 1.41. The average Bonchev–Trinajstić information content (AvgIpc) is 3.51. The van der Waals surface area contributed by atoms with Gasteiger partial charge in [0.05, 0.1) is 5.69 Å². The number of carbonyl (C=O) groups excluding carboxylic acids is 2. The Bertz CT molecular complexity index is 1420. The quantitative estimate of drug-likeness (QED) is 0.332. The molecule has 1 saturated heterocycles. The number of hydrogen-bond acceptors (Lipinski definition) is 6. The van der Waals surface area contributed by atoms with Crippen molar-refractivity contribution in [3.05, 3.63) is 57.4 Å². The van der Waals surface area contributed by atoms with Gasteiger partial charge in [-0.25, -0.2) is 8.42 Å². The van der Waals surface area contributed by atoms with Gasteiger partial charge in [-0.2, -0.15) is 4.31 Å². The number of anilines is 1. The van der Waals surface area contributed by atoms with Crippen LogP contribution in [0.4, 0.5) is 5.69 Å². The zero-order chi connectivity index (χ0) is 25.4. The fourth-order valence-electron chi connectivity index (χ4n) is 5.20. The van der Waals surface area contributed by atoms with Crippen LogP contribution in [0.15, 0.2) is 50.5 Å². The summed E-state index contributed by atoms with van der Waals surface area (Å²) in [6, 6.07) is 10.9. The van der Waals surface area contributed by atoms with Gasteiger partial charge in [0, 0.05) is 61.1 Å². The molecule has 2 aliphatic rings. The maximum Gasteiger partial charge on any atom is 0.259 e. The lowest BCUT2D eigenvalue weighted by Crippen LogP contribution is -2.42. The number of carbonyl (C=O) groups is 2. The van der Waals surface area contributed by atoms with Gasteiger partial charge < -0.3 is 9.64 Å². The van der Waals surface area contributed by atoms with Crippen LogP contribution in [-0.2, 0) is 26.0 Å². The highest BCUT2D eigenvalue weighted by Crippen LogP contribution is 2.44. The number of sulfonamides is 1. The summed E-state index contributed by atoms with van der Waals surface area (Å²) >= 11 is 4.86. The lowest BCUT2D eigenvalue weighted by molar-refractivity contribution is -0.123. The zero-order valence-corrected chi connectivity index (χ0v) is 23.1. The van der Waals surface area contributed by atoms with Crippen LogP contribution in [-0.4, -0.2) is 57.8 Å². The highest BCUT2D eigenvalue weighted by molar-refractivity contribution is 9.10. The molecule has 3 aromatic rings. The average molecular weight is 592 g/mol. The third kappa shape index (κ3) is 4.54.